The molecule has 0 amide bonds. The van der Waals surface area contributed by atoms with Gasteiger partial charge in [0, 0.05) is 18.5 Å². The normalized spacial score (nSPS) is 16.6. The number of rotatable bonds is 4. The summed E-state index contributed by atoms with van der Waals surface area (Å²) >= 11 is 0. The Morgan fingerprint density at radius 3 is 2.44 bits per heavy atom. The van der Waals surface area contributed by atoms with E-state index >= 15 is 0 Å². The number of aromatic nitrogens is 4. The minimum Gasteiger partial charge on any atom is -0.491 e. The quantitative estimate of drug-likeness (QED) is 0.852. The Bertz CT molecular complexity index is 844. The van der Waals surface area contributed by atoms with E-state index in [4.69, 9.17) is 4.74 Å². The highest BCUT2D eigenvalue weighted by atomic mass is 19.1. The predicted octanol–water partition coefficient (Wildman–Crippen LogP) is 2.97. The minimum absolute atomic E-state index is 0.115. The van der Waals surface area contributed by atoms with Crippen molar-refractivity contribution in [1.29, 1.82) is 0 Å². The summed E-state index contributed by atoms with van der Waals surface area (Å²) in [5.41, 5.74) is 0.230. The number of hydrogen-bond donors (Lipinski definition) is 0. The third-order valence-corrected chi connectivity index (χ3v) is 4.94. The molecule has 136 valence electrons. The van der Waals surface area contributed by atoms with Crippen LogP contribution in [0.15, 0.2) is 16.9 Å². The average Bonchev–Trinajstić information content (AvgIpc) is 2.82. The fraction of sp³-hybridized carbons (Fsp3) is 0.611. The molecule has 0 aliphatic heterocycles. The zero-order chi connectivity index (χ0) is 18.4. The molecule has 1 aromatic heterocycles. The highest BCUT2D eigenvalue weighted by Gasteiger charge is 2.33. The number of aryl methyl sites for hydroxylation is 1. The van der Waals surface area contributed by atoms with Gasteiger partial charge >= 0.3 is 5.69 Å². The summed E-state index contributed by atoms with van der Waals surface area (Å²) in [6.45, 7) is 8.41. The molecule has 1 heterocycles. The van der Waals surface area contributed by atoms with Crippen LogP contribution in [0.3, 0.4) is 0 Å². The van der Waals surface area contributed by atoms with Crippen LogP contribution in [0.5, 0.6) is 5.75 Å². The Balaban J connectivity index is 2.07. The first-order valence-corrected chi connectivity index (χ1v) is 8.57. The Morgan fingerprint density at radius 2 is 1.96 bits per heavy atom. The van der Waals surface area contributed by atoms with E-state index in [1.807, 2.05) is 20.8 Å². The first-order valence-electron chi connectivity index (χ1n) is 8.57. The third kappa shape index (κ3) is 3.32. The molecule has 0 saturated heterocycles. The number of benzene rings is 1. The van der Waals surface area contributed by atoms with Crippen LogP contribution in [0.4, 0.5) is 4.39 Å². The van der Waals surface area contributed by atoms with Gasteiger partial charge in [0.15, 0.2) is 0 Å². The van der Waals surface area contributed by atoms with Crippen molar-refractivity contribution < 1.29 is 9.13 Å². The summed E-state index contributed by atoms with van der Waals surface area (Å²) in [5.74, 6) is -0.0248. The monoisotopic (exact) mass is 348 g/mol. The van der Waals surface area contributed by atoms with Crippen LogP contribution < -0.4 is 10.4 Å². The number of hydrogen-bond acceptors (Lipinski definition) is 4. The molecular formula is C18H25FN4O2. The number of tetrazole rings is 1. The largest absolute Gasteiger partial charge is 0.491 e. The zero-order valence-corrected chi connectivity index (χ0v) is 15.5. The molecule has 1 saturated carbocycles. The van der Waals surface area contributed by atoms with E-state index in [9.17, 15) is 9.18 Å². The van der Waals surface area contributed by atoms with Crippen LogP contribution in [-0.2, 0) is 12.5 Å². The van der Waals surface area contributed by atoms with Crippen molar-refractivity contribution in [2.24, 2.45) is 12.5 Å². The van der Waals surface area contributed by atoms with Crippen molar-refractivity contribution in [3.63, 3.8) is 0 Å². The lowest BCUT2D eigenvalue weighted by molar-refractivity contribution is 0.0772. The molecule has 0 unspecified atom stereocenters. The van der Waals surface area contributed by atoms with Crippen LogP contribution in [0.25, 0.3) is 5.69 Å². The van der Waals surface area contributed by atoms with E-state index in [1.54, 1.807) is 6.07 Å². The maximum atomic E-state index is 14.7. The van der Waals surface area contributed by atoms with Gasteiger partial charge in [-0.05, 0) is 40.3 Å². The standard InChI is InChI=1S/C18H25FN4O2/c1-17(2,3)12-9-14(23-16(24)22(5)20-21-23)15(10-13(12)19)25-11-18(4)7-6-8-18/h9-10H,6-8,11H2,1-5H3. The lowest BCUT2D eigenvalue weighted by atomic mass is 9.71. The second-order valence-corrected chi connectivity index (χ2v) is 8.30. The second kappa shape index (κ2) is 5.97. The van der Waals surface area contributed by atoms with E-state index in [1.165, 1.54) is 19.5 Å². The molecule has 1 aromatic carbocycles. The number of halogens is 1. The molecule has 0 spiro atoms. The third-order valence-electron chi connectivity index (χ3n) is 4.94. The molecule has 0 radical (unpaired) electrons. The summed E-state index contributed by atoms with van der Waals surface area (Å²) in [5, 5.41) is 7.64. The maximum absolute atomic E-state index is 14.7. The topological polar surface area (TPSA) is 61.9 Å². The van der Waals surface area contributed by atoms with Gasteiger partial charge in [0.05, 0.1) is 6.61 Å². The van der Waals surface area contributed by atoms with E-state index in [-0.39, 0.29) is 11.2 Å². The first kappa shape index (κ1) is 17.6. The molecule has 0 N–H and O–H groups in total. The first-order chi connectivity index (χ1) is 11.6. The lowest BCUT2D eigenvalue weighted by Crippen LogP contribution is -2.32. The van der Waals surface area contributed by atoms with Crippen molar-refractivity contribution in [1.82, 2.24) is 19.8 Å². The Labute approximate surface area is 146 Å². The fourth-order valence-electron chi connectivity index (χ4n) is 3.04. The molecule has 1 aliphatic carbocycles. The fourth-order valence-corrected chi connectivity index (χ4v) is 3.04. The van der Waals surface area contributed by atoms with Gasteiger partial charge in [0.25, 0.3) is 0 Å². The molecule has 6 nitrogen and oxygen atoms in total. The van der Waals surface area contributed by atoms with Crippen molar-refractivity contribution in [2.75, 3.05) is 6.61 Å². The van der Waals surface area contributed by atoms with Crippen molar-refractivity contribution >= 4 is 0 Å². The van der Waals surface area contributed by atoms with Crippen LogP contribution >= 0.6 is 0 Å². The summed E-state index contributed by atoms with van der Waals surface area (Å²) in [6, 6.07) is 3.00. The number of nitrogens with zero attached hydrogens (tertiary/aromatic N) is 4. The van der Waals surface area contributed by atoms with Crippen molar-refractivity contribution in [3.05, 3.63) is 34.0 Å². The zero-order valence-electron chi connectivity index (χ0n) is 15.5. The Morgan fingerprint density at radius 1 is 1.28 bits per heavy atom. The molecule has 1 aliphatic rings. The maximum Gasteiger partial charge on any atom is 0.368 e. The lowest BCUT2D eigenvalue weighted by Gasteiger charge is -2.38. The van der Waals surface area contributed by atoms with Gasteiger partial charge in [-0.15, -0.1) is 0 Å². The molecule has 2 aromatic rings. The minimum atomic E-state index is -0.414. The highest BCUT2D eigenvalue weighted by Crippen LogP contribution is 2.41. The molecule has 7 heteroatoms. The van der Waals surface area contributed by atoms with Gasteiger partial charge in [-0.3, -0.25) is 0 Å². The van der Waals surface area contributed by atoms with Gasteiger partial charge in [0.2, 0.25) is 0 Å². The SMILES string of the molecule is Cn1nnn(-c2cc(C(C)(C)C)c(F)cc2OCC2(C)CCC2)c1=O. The van der Waals surface area contributed by atoms with Gasteiger partial charge in [-0.1, -0.05) is 34.1 Å². The Kier molecular flexibility index (Phi) is 4.21. The van der Waals surface area contributed by atoms with Gasteiger partial charge in [-0.2, -0.15) is 9.36 Å². The summed E-state index contributed by atoms with van der Waals surface area (Å²) in [7, 11) is 1.52. The summed E-state index contributed by atoms with van der Waals surface area (Å²) in [4.78, 5) is 12.3. The van der Waals surface area contributed by atoms with Gasteiger partial charge in [-0.25, -0.2) is 9.18 Å². The van der Waals surface area contributed by atoms with E-state index in [0.717, 1.165) is 22.2 Å². The van der Waals surface area contributed by atoms with E-state index in [0.29, 0.717) is 23.6 Å². The highest BCUT2D eigenvalue weighted by molar-refractivity contribution is 5.50. The van der Waals surface area contributed by atoms with Gasteiger partial charge < -0.3 is 4.74 Å². The van der Waals surface area contributed by atoms with Crippen LogP contribution in [0.1, 0.15) is 52.5 Å². The van der Waals surface area contributed by atoms with Crippen LogP contribution in [0.2, 0.25) is 0 Å². The van der Waals surface area contributed by atoms with E-state index < -0.39 is 11.1 Å². The second-order valence-electron chi connectivity index (χ2n) is 8.30. The molecule has 3 rings (SSSR count). The van der Waals surface area contributed by atoms with Crippen molar-refractivity contribution in [2.45, 2.75) is 52.4 Å². The van der Waals surface area contributed by atoms with E-state index in [2.05, 4.69) is 17.4 Å². The molecular weight excluding hydrogens is 323 g/mol. The number of ether oxygens (including phenoxy) is 1. The van der Waals surface area contributed by atoms with Gasteiger partial charge in [0.1, 0.15) is 17.3 Å². The molecule has 1 fully saturated rings. The average molecular weight is 348 g/mol. The smallest absolute Gasteiger partial charge is 0.368 e. The van der Waals surface area contributed by atoms with Crippen LogP contribution in [-0.4, -0.2) is 26.4 Å². The predicted molar refractivity (Wildman–Crippen MR) is 92.7 cm³/mol. The summed E-state index contributed by atoms with van der Waals surface area (Å²) < 4.78 is 22.9. The van der Waals surface area contributed by atoms with Crippen LogP contribution in [0, 0.1) is 11.2 Å². The molecule has 0 atom stereocenters. The molecule has 25 heavy (non-hydrogen) atoms. The van der Waals surface area contributed by atoms with Crippen molar-refractivity contribution in [3.8, 4) is 11.4 Å². The summed E-state index contributed by atoms with van der Waals surface area (Å²) in [6.07, 6.45) is 3.37. The Hall–Kier alpha value is -2.18. The molecule has 0 bridgehead atoms.